The van der Waals surface area contributed by atoms with Gasteiger partial charge in [-0.05, 0) is 43.0 Å². The van der Waals surface area contributed by atoms with Crippen molar-refractivity contribution in [3.63, 3.8) is 0 Å². The molecule has 0 saturated carbocycles. The summed E-state index contributed by atoms with van der Waals surface area (Å²) in [5, 5.41) is 6.10. The first-order chi connectivity index (χ1) is 12.7. The van der Waals surface area contributed by atoms with Crippen LogP contribution in [0, 0.1) is 0 Å². The first-order valence-electron chi connectivity index (χ1n) is 8.98. The predicted octanol–water partition coefficient (Wildman–Crippen LogP) is 2.13. The molecule has 0 atom stereocenters. The van der Waals surface area contributed by atoms with E-state index < -0.39 is 0 Å². The molecule has 2 aromatic rings. The van der Waals surface area contributed by atoms with Gasteiger partial charge in [-0.1, -0.05) is 48.5 Å². The predicted molar refractivity (Wildman–Crippen MR) is 111 cm³/mol. The molecule has 144 valence electrons. The largest absolute Gasteiger partial charge is 0.370 e. The molecule has 6 N–H and O–H groups in total. The molecule has 0 aliphatic heterocycles. The summed E-state index contributed by atoms with van der Waals surface area (Å²) in [6, 6.07) is 16.3. The quantitative estimate of drug-likeness (QED) is 0.444. The highest BCUT2D eigenvalue weighted by Gasteiger charge is 2.11. The molecule has 6 nitrogen and oxygen atoms in total. The molecule has 0 spiro atoms. The zero-order valence-corrected chi connectivity index (χ0v) is 16.3. The van der Waals surface area contributed by atoms with Crippen LogP contribution >= 0.6 is 0 Å². The van der Waals surface area contributed by atoms with Crippen molar-refractivity contribution in [1.29, 1.82) is 0 Å². The molecule has 2 rings (SSSR count). The Labute approximate surface area is 161 Å². The lowest BCUT2D eigenvalue weighted by atomic mass is 10.0. The normalized spacial score (nSPS) is 11.1. The summed E-state index contributed by atoms with van der Waals surface area (Å²) < 4.78 is 0. The second kappa shape index (κ2) is 9.19. The summed E-state index contributed by atoms with van der Waals surface area (Å²) in [6.07, 6.45) is 0. The fourth-order valence-electron chi connectivity index (χ4n) is 2.41. The summed E-state index contributed by atoms with van der Waals surface area (Å²) in [4.78, 5) is 15.9. The van der Waals surface area contributed by atoms with Gasteiger partial charge in [-0.15, -0.1) is 0 Å². The number of aliphatic imine (C=N–C) groups is 1. The topological polar surface area (TPSA) is 106 Å². The summed E-state index contributed by atoms with van der Waals surface area (Å²) in [7, 11) is 0. The molecular weight excluding hydrogens is 338 g/mol. The van der Waals surface area contributed by atoms with Crippen LogP contribution in [0.25, 0.3) is 11.1 Å². The Bertz CT molecular complexity index is 770. The monoisotopic (exact) mass is 367 g/mol. The fourth-order valence-corrected chi connectivity index (χ4v) is 2.41. The van der Waals surface area contributed by atoms with Crippen molar-refractivity contribution < 1.29 is 4.79 Å². The minimum atomic E-state index is -0.0716. The molecule has 0 aliphatic carbocycles. The molecule has 0 saturated heterocycles. The molecule has 1 amide bonds. The number of guanidine groups is 1. The maximum Gasteiger partial charge on any atom is 0.234 e. The number of nitrogens with one attached hydrogen (secondary N) is 2. The van der Waals surface area contributed by atoms with Gasteiger partial charge in [0.15, 0.2) is 5.96 Å². The lowest BCUT2D eigenvalue weighted by Gasteiger charge is -2.20. The van der Waals surface area contributed by atoms with Crippen molar-refractivity contribution in [3.8, 4) is 11.1 Å². The van der Waals surface area contributed by atoms with Crippen molar-refractivity contribution in [2.75, 3.05) is 6.54 Å². The van der Waals surface area contributed by atoms with Gasteiger partial charge >= 0.3 is 0 Å². The Morgan fingerprint density at radius 3 is 1.93 bits per heavy atom. The lowest BCUT2D eigenvalue weighted by Crippen LogP contribution is -2.43. The van der Waals surface area contributed by atoms with E-state index in [1.807, 2.05) is 57.2 Å². The van der Waals surface area contributed by atoms with Gasteiger partial charge in [-0.3, -0.25) is 4.79 Å². The van der Waals surface area contributed by atoms with E-state index in [1.54, 1.807) is 0 Å². The van der Waals surface area contributed by atoms with E-state index in [-0.39, 0.29) is 17.4 Å². The number of hydrogen-bond donors (Lipinski definition) is 4. The molecule has 2 aromatic carbocycles. The maximum atomic E-state index is 11.9. The molecule has 0 aliphatic rings. The molecular formula is C21H29N5O. The van der Waals surface area contributed by atoms with Gasteiger partial charge in [0.25, 0.3) is 0 Å². The molecule has 6 heteroatoms. The van der Waals surface area contributed by atoms with E-state index in [1.165, 1.54) is 0 Å². The molecule has 0 fully saturated rings. The Kier molecular flexibility index (Phi) is 6.96. The van der Waals surface area contributed by atoms with Crippen molar-refractivity contribution in [2.24, 2.45) is 16.5 Å². The molecule has 0 radical (unpaired) electrons. The fraction of sp³-hybridized carbons (Fsp3) is 0.333. The number of benzene rings is 2. The maximum absolute atomic E-state index is 11.9. The third kappa shape index (κ3) is 7.50. The third-order valence-electron chi connectivity index (χ3n) is 3.95. The van der Waals surface area contributed by atoms with Crippen molar-refractivity contribution in [3.05, 3.63) is 59.7 Å². The number of rotatable bonds is 7. The minimum Gasteiger partial charge on any atom is -0.370 e. The highest BCUT2D eigenvalue weighted by Crippen LogP contribution is 2.20. The van der Waals surface area contributed by atoms with E-state index >= 15 is 0 Å². The third-order valence-corrected chi connectivity index (χ3v) is 3.95. The van der Waals surface area contributed by atoms with Crippen LogP contribution in [0.15, 0.2) is 53.5 Å². The number of nitrogens with zero attached hydrogens (tertiary/aromatic N) is 1. The van der Waals surface area contributed by atoms with Gasteiger partial charge in [0.2, 0.25) is 5.91 Å². The number of nitrogens with two attached hydrogens (primary N) is 2. The summed E-state index contributed by atoms with van der Waals surface area (Å²) in [5.74, 6) is 0.0845. The average molecular weight is 367 g/mol. The molecule has 27 heavy (non-hydrogen) atoms. The van der Waals surface area contributed by atoms with Crippen molar-refractivity contribution in [2.45, 2.75) is 39.4 Å². The van der Waals surface area contributed by atoms with Crippen LogP contribution in [0.1, 0.15) is 31.9 Å². The van der Waals surface area contributed by atoms with Crippen LogP contribution < -0.4 is 22.1 Å². The minimum absolute atomic E-state index is 0.00892. The lowest BCUT2D eigenvalue weighted by molar-refractivity contribution is -0.120. The average Bonchev–Trinajstić information content (AvgIpc) is 2.63. The van der Waals surface area contributed by atoms with Crippen LogP contribution in [0.5, 0.6) is 0 Å². The molecule has 0 bridgehead atoms. The number of carbonyl (C=O) groups is 1. The van der Waals surface area contributed by atoms with Gasteiger partial charge in [-0.2, -0.15) is 0 Å². The van der Waals surface area contributed by atoms with E-state index in [9.17, 15) is 4.79 Å². The van der Waals surface area contributed by atoms with E-state index in [2.05, 4.69) is 27.8 Å². The highest BCUT2D eigenvalue weighted by molar-refractivity contribution is 5.78. The summed E-state index contributed by atoms with van der Waals surface area (Å²) >= 11 is 0. The van der Waals surface area contributed by atoms with Crippen LogP contribution in [-0.2, 0) is 17.9 Å². The second-order valence-electron chi connectivity index (χ2n) is 7.52. The standard InChI is InChI=1S/C21H29N5O/c1-21(2,3)26-14-19(27)24-12-15-4-8-17(9-5-15)18-10-6-16(7-11-18)13-25-20(22)23/h4-11,26H,12-14H2,1-3H3,(H,24,27)(H4,22,23,25). The van der Waals surface area contributed by atoms with Crippen molar-refractivity contribution >= 4 is 11.9 Å². The molecule has 0 aromatic heterocycles. The second-order valence-corrected chi connectivity index (χ2v) is 7.52. The Morgan fingerprint density at radius 2 is 1.44 bits per heavy atom. The zero-order valence-electron chi connectivity index (χ0n) is 16.3. The van der Waals surface area contributed by atoms with Gasteiger partial charge in [-0.25, -0.2) is 4.99 Å². The Hall–Kier alpha value is -2.86. The van der Waals surface area contributed by atoms with Gasteiger partial charge in [0.1, 0.15) is 0 Å². The number of hydrogen-bond acceptors (Lipinski definition) is 3. The summed E-state index contributed by atoms with van der Waals surface area (Å²) in [6.45, 7) is 7.41. The zero-order chi connectivity index (χ0) is 19.9. The number of amides is 1. The first-order valence-corrected chi connectivity index (χ1v) is 8.98. The number of carbonyl (C=O) groups excluding carboxylic acids is 1. The Morgan fingerprint density at radius 1 is 0.926 bits per heavy atom. The van der Waals surface area contributed by atoms with Crippen LogP contribution in [-0.4, -0.2) is 24.0 Å². The van der Waals surface area contributed by atoms with Crippen LogP contribution in [0.2, 0.25) is 0 Å². The SMILES string of the molecule is CC(C)(C)NCC(=O)NCc1ccc(-c2ccc(CN=C(N)N)cc2)cc1. The first kappa shape index (κ1) is 20.5. The van der Waals surface area contributed by atoms with E-state index in [0.717, 1.165) is 22.3 Å². The van der Waals surface area contributed by atoms with Crippen LogP contribution in [0.3, 0.4) is 0 Å². The van der Waals surface area contributed by atoms with Crippen LogP contribution in [0.4, 0.5) is 0 Å². The molecule has 0 heterocycles. The summed E-state index contributed by atoms with van der Waals surface area (Å²) in [5.41, 5.74) is 15.0. The van der Waals surface area contributed by atoms with Gasteiger partial charge in [0, 0.05) is 12.1 Å². The van der Waals surface area contributed by atoms with Crippen molar-refractivity contribution in [1.82, 2.24) is 10.6 Å². The molecule has 0 unspecified atom stereocenters. The Balaban J connectivity index is 1.89. The van der Waals surface area contributed by atoms with Gasteiger partial charge < -0.3 is 22.1 Å². The highest BCUT2D eigenvalue weighted by atomic mass is 16.1. The smallest absolute Gasteiger partial charge is 0.234 e. The van der Waals surface area contributed by atoms with Gasteiger partial charge in [0.05, 0.1) is 13.1 Å². The van der Waals surface area contributed by atoms with E-state index in [4.69, 9.17) is 11.5 Å². The van der Waals surface area contributed by atoms with E-state index in [0.29, 0.717) is 19.6 Å².